The molecular formula is C10H19OY2. The first kappa shape index (κ1) is 24.1. The zero-order valence-corrected chi connectivity index (χ0v) is 14.9. The van der Waals surface area contributed by atoms with Crippen LogP contribution in [0.4, 0.5) is 0 Å². The van der Waals surface area contributed by atoms with Gasteiger partial charge in [0.05, 0.1) is 6.61 Å². The molecule has 3 heteroatoms. The summed E-state index contributed by atoms with van der Waals surface area (Å²) in [6, 6.07) is 0. The Morgan fingerprint density at radius 1 is 1.46 bits per heavy atom. The van der Waals surface area contributed by atoms with Gasteiger partial charge in [-0.3, -0.25) is 0 Å². The van der Waals surface area contributed by atoms with Crippen LogP contribution in [0.3, 0.4) is 0 Å². The molecular weight excluding hydrogens is 314 g/mol. The van der Waals surface area contributed by atoms with E-state index in [0.29, 0.717) is 0 Å². The average molecular weight is 333 g/mol. The molecule has 1 radical (unpaired) electrons. The van der Waals surface area contributed by atoms with E-state index in [1.54, 1.807) is 0 Å². The van der Waals surface area contributed by atoms with E-state index in [0.717, 1.165) is 25.2 Å². The summed E-state index contributed by atoms with van der Waals surface area (Å²) in [7, 11) is 0. The maximum absolute atomic E-state index is 5.28. The molecule has 0 bridgehead atoms. The fourth-order valence-electron chi connectivity index (χ4n) is 0.585. The predicted molar refractivity (Wildman–Crippen MR) is 49.7 cm³/mol. The van der Waals surface area contributed by atoms with Gasteiger partial charge in [-0.25, -0.2) is 0 Å². The first-order chi connectivity index (χ1) is 4.81. The van der Waals surface area contributed by atoms with Gasteiger partial charge < -0.3 is 24.7 Å². The largest absolute Gasteiger partial charge is 3.00 e. The summed E-state index contributed by atoms with van der Waals surface area (Å²) in [5, 5.41) is 0. The van der Waals surface area contributed by atoms with Crippen LogP contribution in [0.2, 0.25) is 0 Å². The van der Waals surface area contributed by atoms with E-state index < -0.39 is 0 Å². The third-order valence-corrected chi connectivity index (χ3v) is 1.31. The van der Waals surface area contributed by atoms with Gasteiger partial charge in [0, 0.05) is 32.7 Å². The number of unbranched alkanes of at least 4 members (excludes halogenated alkanes) is 2. The van der Waals surface area contributed by atoms with E-state index in [1.165, 1.54) is 0 Å². The summed E-state index contributed by atoms with van der Waals surface area (Å²) in [6.07, 6.45) is 7.32. The molecule has 1 nitrogen and oxygen atoms in total. The van der Waals surface area contributed by atoms with Crippen molar-refractivity contribution in [3.8, 4) is 0 Å². The van der Waals surface area contributed by atoms with Crippen molar-refractivity contribution in [1.82, 2.24) is 0 Å². The minimum absolute atomic E-state index is 0. The minimum Gasteiger partial charge on any atom is -0.535 e. The van der Waals surface area contributed by atoms with Crippen molar-refractivity contribution in [3.63, 3.8) is 0 Å². The molecule has 0 aliphatic carbocycles. The van der Waals surface area contributed by atoms with Gasteiger partial charge in [-0.15, -0.1) is 0 Å². The molecule has 0 unspecified atom stereocenters. The van der Waals surface area contributed by atoms with Gasteiger partial charge in [-0.1, -0.05) is 5.76 Å². The SMILES string of the molecule is C[C-]=C(C)OCCC[CH-]C.[CH3-].[Y+3].[Y]. The molecule has 0 heterocycles. The van der Waals surface area contributed by atoms with E-state index in [1.807, 2.05) is 13.8 Å². The van der Waals surface area contributed by atoms with Crippen LogP contribution in [-0.4, -0.2) is 6.61 Å². The Kier molecular flexibility index (Phi) is 35.9. The molecule has 0 aromatic rings. The third kappa shape index (κ3) is 20.0. The first-order valence-electron chi connectivity index (χ1n) is 3.73. The molecule has 0 aromatic carbocycles. The molecule has 0 spiro atoms. The Balaban J connectivity index is -0.000000135. The molecule has 13 heavy (non-hydrogen) atoms. The zero-order valence-electron chi connectivity index (χ0n) is 9.26. The molecule has 0 saturated carbocycles. The van der Waals surface area contributed by atoms with Gasteiger partial charge in [0.1, 0.15) is 0 Å². The summed E-state index contributed by atoms with van der Waals surface area (Å²) >= 11 is 0. The zero-order chi connectivity index (χ0) is 7.82. The number of allylic oxidation sites excluding steroid dienone is 2. The standard InChI is InChI=1S/C9H16O.CH3.2Y/c1-4-6-7-8-10-9(3)5-2;;;/h4H,6-8H2,1-3H3;1H3;;/q-2;-1;;+3. The Morgan fingerprint density at radius 2 is 2.00 bits per heavy atom. The summed E-state index contributed by atoms with van der Waals surface area (Å²) in [5.74, 6) is 0.899. The molecule has 0 saturated heterocycles. The Bertz CT molecular complexity index is 103. The quantitative estimate of drug-likeness (QED) is 0.427. The Morgan fingerprint density at radius 3 is 2.38 bits per heavy atom. The molecule has 0 fully saturated rings. The van der Waals surface area contributed by atoms with Crippen LogP contribution >= 0.6 is 0 Å². The van der Waals surface area contributed by atoms with Crippen molar-refractivity contribution >= 4 is 0 Å². The Labute approximate surface area is 134 Å². The fraction of sp³-hybridized carbons (Fsp3) is 0.600. The van der Waals surface area contributed by atoms with E-state index in [2.05, 4.69) is 19.4 Å². The predicted octanol–water partition coefficient (Wildman–Crippen LogP) is 3.18. The van der Waals surface area contributed by atoms with Crippen LogP contribution < -0.4 is 0 Å². The number of hydrogen-bond donors (Lipinski definition) is 0. The van der Waals surface area contributed by atoms with Crippen molar-refractivity contribution < 1.29 is 70.2 Å². The first-order valence-corrected chi connectivity index (χ1v) is 3.73. The van der Waals surface area contributed by atoms with E-state index >= 15 is 0 Å². The smallest absolute Gasteiger partial charge is 0.535 e. The van der Waals surface area contributed by atoms with Gasteiger partial charge in [0.25, 0.3) is 0 Å². The molecule has 0 aliphatic heterocycles. The minimum atomic E-state index is 0. The van der Waals surface area contributed by atoms with Gasteiger partial charge >= 0.3 is 32.7 Å². The Hall–Kier alpha value is 1.75. The number of hydrogen-bond acceptors (Lipinski definition) is 1. The molecule has 71 valence electrons. The van der Waals surface area contributed by atoms with Gasteiger partial charge in [-0.2, -0.15) is 20.3 Å². The van der Waals surface area contributed by atoms with E-state index in [9.17, 15) is 0 Å². The third-order valence-electron chi connectivity index (χ3n) is 1.31. The molecule has 0 atom stereocenters. The van der Waals surface area contributed by atoms with E-state index in [-0.39, 0.29) is 72.8 Å². The maximum Gasteiger partial charge on any atom is 3.00 e. The second-order valence-corrected chi connectivity index (χ2v) is 2.21. The number of ether oxygens (including phenoxy) is 1. The van der Waals surface area contributed by atoms with Crippen molar-refractivity contribution in [2.75, 3.05) is 6.61 Å². The summed E-state index contributed by atoms with van der Waals surface area (Å²) in [6.45, 7) is 6.67. The monoisotopic (exact) mass is 333 g/mol. The van der Waals surface area contributed by atoms with Crippen LogP contribution in [0.25, 0.3) is 0 Å². The van der Waals surface area contributed by atoms with Gasteiger partial charge in [0.2, 0.25) is 0 Å². The summed E-state index contributed by atoms with van der Waals surface area (Å²) in [4.78, 5) is 0. The second kappa shape index (κ2) is 19.3. The normalized spacial score (nSPS) is 9.00. The van der Waals surface area contributed by atoms with Crippen molar-refractivity contribution in [1.29, 1.82) is 0 Å². The maximum atomic E-state index is 5.28. The molecule has 0 aromatic heterocycles. The van der Waals surface area contributed by atoms with Crippen molar-refractivity contribution in [2.24, 2.45) is 0 Å². The second-order valence-electron chi connectivity index (χ2n) is 2.21. The van der Waals surface area contributed by atoms with E-state index in [4.69, 9.17) is 4.74 Å². The average Bonchev–Trinajstić information content (AvgIpc) is 1.98. The summed E-state index contributed by atoms with van der Waals surface area (Å²) in [5.41, 5.74) is 0. The fourth-order valence-corrected chi connectivity index (χ4v) is 0.585. The van der Waals surface area contributed by atoms with Gasteiger partial charge in [-0.05, 0) is 13.3 Å². The van der Waals surface area contributed by atoms with Crippen LogP contribution in [0.1, 0.15) is 33.6 Å². The van der Waals surface area contributed by atoms with Crippen LogP contribution in [0.15, 0.2) is 5.76 Å². The molecule has 0 aliphatic rings. The van der Waals surface area contributed by atoms with Crippen LogP contribution in [0.5, 0.6) is 0 Å². The molecule has 0 N–H and O–H groups in total. The number of rotatable bonds is 5. The molecule has 0 amide bonds. The van der Waals surface area contributed by atoms with Crippen molar-refractivity contribution in [2.45, 2.75) is 33.6 Å². The topological polar surface area (TPSA) is 9.23 Å². The molecule has 0 rings (SSSR count). The van der Waals surface area contributed by atoms with Gasteiger partial charge in [0.15, 0.2) is 0 Å². The summed E-state index contributed by atoms with van der Waals surface area (Å²) < 4.78 is 5.28. The van der Waals surface area contributed by atoms with Crippen molar-refractivity contribution in [3.05, 3.63) is 25.7 Å². The van der Waals surface area contributed by atoms with Crippen LogP contribution in [0, 0.1) is 19.9 Å². The van der Waals surface area contributed by atoms with Crippen LogP contribution in [-0.2, 0) is 70.2 Å².